The van der Waals surface area contributed by atoms with E-state index in [0.717, 1.165) is 28.6 Å². The molecule has 0 radical (unpaired) electrons. The number of anilines is 1. The molecule has 1 atom stereocenters. The Bertz CT molecular complexity index is 655. The Morgan fingerprint density at radius 1 is 1.50 bits per heavy atom. The highest BCUT2D eigenvalue weighted by Crippen LogP contribution is 2.29. The SMILES string of the molecule is Cc1nnc(NC(=O)CN2CCSCC2c2cnn(C)c2)s1. The van der Waals surface area contributed by atoms with Crippen LogP contribution in [0.1, 0.15) is 16.6 Å². The van der Waals surface area contributed by atoms with Gasteiger partial charge >= 0.3 is 0 Å². The van der Waals surface area contributed by atoms with Crippen molar-refractivity contribution in [3.63, 3.8) is 0 Å². The van der Waals surface area contributed by atoms with Gasteiger partial charge in [-0.1, -0.05) is 11.3 Å². The van der Waals surface area contributed by atoms with Crippen molar-refractivity contribution < 1.29 is 4.79 Å². The number of nitrogens with one attached hydrogen (secondary N) is 1. The number of aromatic nitrogens is 4. The summed E-state index contributed by atoms with van der Waals surface area (Å²) in [5.74, 6) is 1.98. The van der Waals surface area contributed by atoms with Crippen molar-refractivity contribution in [2.24, 2.45) is 7.05 Å². The van der Waals surface area contributed by atoms with E-state index < -0.39 is 0 Å². The number of thioether (sulfide) groups is 1. The molecule has 22 heavy (non-hydrogen) atoms. The predicted octanol–water partition coefficient (Wildman–Crippen LogP) is 1.31. The second-order valence-corrected chi connectivity index (χ2v) is 7.51. The maximum atomic E-state index is 12.2. The van der Waals surface area contributed by atoms with E-state index in [4.69, 9.17) is 0 Å². The van der Waals surface area contributed by atoms with Crippen LogP contribution < -0.4 is 5.32 Å². The molecule has 1 aliphatic heterocycles. The molecule has 2 aromatic rings. The van der Waals surface area contributed by atoms with Gasteiger partial charge in [0.05, 0.1) is 12.7 Å². The van der Waals surface area contributed by atoms with Crippen LogP contribution in [0.15, 0.2) is 12.4 Å². The molecule has 3 heterocycles. The molecule has 1 amide bonds. The molecule has 1 aliphatic rings. The molecule has 1 N–H and O–H groups in total. The van der Waals surface area contributed by atoms with E-state index in [1.165, 1.54) is 11.3 Å². The van der Waals surface area contributed by atoms with Crippen molar-refractivity contribution in [1.29, 1.82) is 0 Å². The van der Waals surface area contributed by atoms with Gasteiger partial charge in [0.2, 0.25) is 11.0 Å². The van der Waals surface area contributed by atoms with Gasteiger partial charge in [0.25, 0.3) is 0 Å². The summed E-state index contributed by atoms with van der Waals surface area (Å²) in [5.41, 5.74) is 1.16. The topological polar surface area (TPSA) is 75.9 Å². The van der Waals surface area contributed by atoms with Crippen LogP contribution in [0.2, 0.25) is 0 Å². The smallest absolute Gasteiger partial charge is 0.240 e. The van der Waals surface area contributed by atoms with Gasteiger partial charge < -0.3 is 0 Å². The van der Waals surface area contributed by atoms with Crippen molar-refractivity contribution >= 4 is 34.1 Å². The zero-order valence-electron chi connectivity index (χ0n) is 12.5. The van der Waals surface area contributed by atoms with Crippen LogP contribution >= 0.6 is 23.1 Å². The third kappa shape index (κ3) is 3.65. The fraction of sp³-hybridized carbons (Fsp3) is 0.538. The van der Waals surface area contributed by atoms with Gasteiger partial charge in [0.1, 0.15) is 5.01 Å². The molecule has 1 saturated heterocycles. The summed E-state index contributed by atoms with van der Waals surface area (Å²) in [6, 6.07) is 0.231. The van der Waals surface area contributed by atoms with Gasteiger partial charge in [0.15, 0.2) is 0 Å². The van der Waals surface area contributed by atoms with E-state index in [-0.39, 0.29) is 11.9 Å². The summed E-state index contributed by atoms with van der Waals surface area (Å²) in [4.78, 5) is 14.4. The number of carbonyl (C=O) groups excluding carboxylic acids is 1. The Labute approximate surface area is 137 Å². The molecule has 0 aromatic carbocycles. The van der Waals surface area contributed by atoms with Gasteiger partial charge in [-0.3, -0.25) is 19.7 Å². The predicted molar refractivity (Wildman–Crippen MR) is 88.1 cm³/mol. The number of hydrogen-bond donors (Lipinski definition) is 1. The minimum absolute atomic E-state index is 0.0445. The normalized spacial score (nSPS) is 19.3. The molecule has 3 rings (SSSR count). The number of rotatable bonds is 4. The van der Waals surface area contributed by atoms with Gasteiger partial charge in [-0.2, -0.15) is 16.9 Å². The maximum absolute atomic E-state index is 12.2. The van der Waals surface area contributed by atoms with Crippen LogP contribution in [0.5, 0.6) is 0 Å². The Balaban J connectivity index is 1.64. The first kappa shape index (κ1) is 15.4. The second kappa shape index (κ2) is 6.76. The third-order valence-electron chi connectivity index (χ3n) is 3.47. The standard InChI is InChI=1S/C13H18N6OS2/c1-9-16-17-13(22-9)15-12(20)7-19-3-4-21-8-11(19)10-5-14-18(2)6-10/h5-6,11H,3-4,7-8H2,1-2H3,(H,15,17,20). The molecule has 1 fully saturated rings. The first-order chi connectivity index (χ1) is 10.6. The van der Waals surface area contributed by atoms with E-state index in [2.05, 4.69) is 25.5 Å². The van der Waals surface area contributed by atoms with Crippen molar-refractivity contribution in [3.8, 4) is 0 Å². The minimum Gasteiger partial charge on any atom is -0.299 e. The van der Waals surface area contributed by atoms with Crippen LogP contribution in [0, 0.1) is 6.92 Å². The lowest BCUT2D eigenvalue weighted by molar-refractivity contribution is -0.117. The molecular weight excluding hydrogens is 320 g/mol. The summed E-state index contributed by atoms with van der Waals surface area (Å²) in [7, 11) is 1.91. The van der Waals surface area contributed by atoms with Crippen molar-refractivity contribution in [3.05, 3.63) is 23.0 Å². The van der Waals surface area contributed by atoms with E-state index in [1.807, 2.05) is 38.1 Å². The zero-order valence-corrected chi connectivity index (χ0v) is 14.2. The lowest BCUT2D eigenvalue weighted by atomic mass is 10.1. The molecule has 0 aliphatic carbocycles. The molecule has 1 unspecified atom stereocenters. The van der Waals surface area contributed by atoms with Gasteiger partial charge in [0, 0.05) is 42.9 Å². The zero-order chi connectivity index (χ0) is 15.5. The lowest BCUT2D eigenvalue weighted by Crippen LogP contribution is -2.41. The fourth-order valence-corrected chi connectivity index (χ4v) is 4.20. The average molecular weight is 338 g/mol. The Morgan fingerprint density at radius 3 is 3.05 bits per heavy atom. The summed E-state index contributed by atoms with van der Waals surface area (Å²) in [6.07, 6.45) is 3.91. The largest absolute Gasteiger partial charge is 0.299 e. The Kier molecular flexibility index (Phi) is 4.74. The first-order valence-corrected chi connectivity index (χ1v) is 8.99. The van der Waals surface area contributed by atoms with E-state index in [0.29, 0.717) is 11.7 Å². The highest BCUT2D eigenvalue weighted by molar-refractivity contribution is 7.99. The van der Waals surface area contributed by atoms with Crippen molar-refractivity contribution in [2.45, 2.75) is 13.0 Å². The van der Waals surface area contributed by atoms with Crippen molar-refractivity contribution in [1.82, 2.24) is 24.9 Å². The van der Waals surface area contributed by atoms with Crippen LogP contribution in [-0.2, 0) is 11.8 Å². The van der Waals surface area contributed by atoms with Crippen LogP contribution in [0.4, 0.5) is 5.13 Å². The highest BCUT2D eigenvalue weighted by atomic mass is 32.2. The van der Waals surface area contributed by atoms with Crippen LogP contribution in [-0.4, -0.2) is 55.4 Å². The van der Waals surface area contributed by atoms with Gasteiger partial charge in [-0.05, 0) is 6.92 Å². The van der Waals surface area contributed by atoms with E-state index in [1.54, 1.807) is 4.68 Å². The molecule has 118 valence electrons. The summed E-state index contributed by atoms with van der Waals surface area (Å²) < 4.78 is 1.80. The van der Waals surface area contributed by atoms with E-state index in [9.17, 15) is 4.79 Å². The van der Waals surface area contributed by atoms with Crippen LogP contribution in [0.25, 0.3) is 0 Å². The number of hydrogen-bond acceptors (Lipinski definition) is 7. The monoisotopic (exact) mass is 338 g/mol. The molecule has 7 nitrogen and oxygen atoms in total. The summed E-state index contributed by atoms with van der Waals surface area (Å²) >= 11 is 3.30. The lowest BCUT2D eigenvalue weighted by Gasteiger charge is -2.34. The highest BCUT2D eigenvalue weighted by Gasteiger charge is 2.27. The molecule has 0 spiro atoms. The number of carbonyl (C=O) groups is 1. The number of amides is 1. The fourth-order valence-electron chi connectivity index (χ4n) is 2.44. The number of nitrogens with zero attached hydrogens (tertiary/aromatic N) is 5. The molecule has 2 aromatic heterocycles. The Hall–Kier alpha value is -1.45. The average Bonchev–Trinajstić information content (AvgIpc) is 3.08. The molecular formula is C13H18N6OS2. The molecule has 0 bridgehead atoms. The van der Waals surface area contributed by atoms with Gasteiger partial charge in [-0.25, -0.2) is 0 Å². The molecule has 0 saturated carbocycles. The summed E-state index contributed by atoms with van der Waals surface area (Å²) in [5, 5.41) is 16.3. The Morgan fingerprint density at radius 2 is 2.36 bits per heavy atom. The summed E-state index contributed by atoms with van der Waals surface area (Å²) in [6.45, 7) is 3.12. The second-order valence-electron chi connectivity index (χ2n) is 5.18. The molecule has 9 heteroatoms. The minimum atomic E-state index is -0.0445. The van der Waals surface area contributed by atoms with Crippen LogP contribution in [0.3, 0.4) is 0 Å². The van der Waals surface area contributed by atoms with E-state index >= 15 is 0 Å². The quantitative estimate of drug-likeness (QED) is 0.906. The van der Waals surface area contributed by atoms with Gasteiger partial charge in [-0.15, -0.1) is 10.2 Å². The third-order valence-corrected chi connectivity index (χ3v) is 5.24. The number of aryl methyl sites for hydroxylation is 2. The maximum Gasteiger partial charge on any atom is 0.240 e. The first-order valence-electron chi connectivity index (χ1n) is 7.02. The van der Waals surface area contributed by atoms with Crippen molar-refractivity contribution in [2.75, 3.05) is 29.9 Å².